The zero-order valence-corrected chi connectivity index (χ0v) is 12.3. The molecule has 3 nitrogen and oxygen atoms in total. The SMILES string of the molecule is CC(C)CC(N)(C(N)=O)C1C2CC3CC(C2)CC1C3. The zero-order chi connectivity index (χ0) is 13.8. The first kappa shape index (κ1) is 13.4. The molecule has 4 fully saturated rings. The third-order valence-corrected chi connectivity index (χ3v) is 6.03. The van der Waals surface area contributed by atoms with E-state index < -0.39 is 5.54 Å². The molecule has 4 aliphatic rings. The van der Waals surface area contributed by atoms with Crippen LogP contribution in [0.5, 0.6) is 0 Å². The lowest BCUT2D eigenvalue weighted by molar-refractivity contribution is -0.135. The lowest BCUT2D eigenvalue weighted by Crippen LogP contribution is -2.65. The molecule has 4 aliphatic carbocycles. The van der Waals surface area contributed by atoms with Gasteiger partial charge in [-0.1, -0.05) is 13.8 Å². The monoisotopic (exact) mass is 264 g/mol. The van der Waals surface area contributed by atoms with Gasteiger partial charge in [-0.15, -0.1) is 0 Å². The van der Waals surface area contributed by atoms with Gasteiger partial charge in [0.05, 0.1) is 5.54 Å². The van der Waals surface area contributed by atoms with E-state index in [1.54, 1.807) is 0 Å². The highest BCUT2D eigenvalue weighted by molar-refractivity contribution is 5.85. The lowest BCUT2D eigenvalue weighted by atomic mass is 9.47. The van der Waals surface area contributed by atoms with Crippen LogP contribution in [-0.4, -0.2) is 11.4 Å². The van der Waals surface area contributed by atoms with Crippen molar-refractivity contribution in [3.63, 3.8) is 0 Å². The smallest absolute Gasteiger partial charge is 0.237 e. The van der Waals surface area contributed by atoms with Crippen LogP contribution in [0.3, 0.4) is 0 Å². The molecule has 3 heteroatoms. The molecule has 19 heavy (non-hydrogen) atoms. The molecule has 0 radical (unpaired) electrons. The van der Waals surface area contributed by atoms with Crippen LogP contribution < -0.4 is 11.5 Å². The van der Waals surface area contributed by atoms with Gasteiger partial charge in [0.2, 0.25) is 5.91 Å². The summed E-state index contributed by atoms with van der Waals surface area (Å²) in [4.78, 5) is 12.1. The molecule has 1 unspecified atom stereocenters. The number of rotatable bonds is 4. The van der Waals surface area contributed by atoms with E-state index in [-0.39, 0.29) is 5.91 Å². The molecule has 4 saturated carbocycles. The summed E-state index contributed by atoms with van der Waals surface area (Å²) < 4.78 is 0. The minimum atomic E-state index is -0.767. The fourth-order valence-electron chi connectivity index (χ4n) is 5.84. The summed E-state index contributed by atoms with van der Waals surface area (Å²) in [5, 5.41) is 0. The van der Waals surface area contributed by atoms with Crippen molar-refractivity contribution >= 4 is 5.91 Å². The van der Waals surface area contributed by atoms with Gasteiger partial charge in [-0.25, -0.2) is 0 Å². The minimum Gasteiger partial charge on any atom is -0.368 e. The van der Waals surface area contributed by atoms with Gasteiger partial charge >= 0.3 is 0 Å². The quantitative estimate of drug-likeness (QED) is 0.818. The topological polar surface area (TPSA) is 69.1 Å². The van der Waals surface area contributed by atoms with Crippen LogP contribution in [0, 0.1) is 35.5 Å². The van der Waals surface area contributed by atoms with E-state index in [9.17, 15) is 4.79 Å². The Balaban J connectivity index is 1.88. The van der Waals surface area contributed by atoms with Gasteiger partial charge in [0.25, 0.3) is 0 Å². The molecule has 1 amide bonds. The Kier molecular flexibility index (Phi) is 3.16. The third-order valence-electron chi connectivity index (χ3n) is 6.03. The molecule has 0 spiro atoms. The van der Waals surface area contributed by atoms with Crippen molar-refractivity contribution in [1.29, 1.82) is 0 Å². The van der Waals surface area contributed by atoms with Gasteiger partial charge in [-0.2, -0.15) is 0 Å². The van der Waals surface area contributed by atoms with Gasteiger partial charge in [0, 0.05) is 0 Å². The Bertz CT molecular complexity index is 351. The molecule has 0 saturated heterocycles. The first-order chi connectivity index (χ1) is 8.90. The molecule has 4 bridgehead atoms. The van der Waals surface area contributed by atoms with E-state index in [2.05, 4.69) is 13.8 Å². The summed E-state index contributed by atoms with van der Waals surface area (Å²) in [5.74, 6) is 3.65. The van der Waals surface area contributed by atoms with E-state index in [0.29, 0.717) is 23.7 Å². The summed E-state index contributed by atoms with van der Waals surface area (Å²) in [6, 6.07) is 0. The van der Waals surface area contributed by atoms with Gasteiger partial charge in [-0.3, -0.25) is 4.79 Å². The van der Waals surface area contributed by atoms with Crippen molar-refractivity contribution in [2.75, 3.05) is 0 Å². The number of amides is 1. The summed E-state index contributed by atoms with van der Waals surface area (Å²) in [6.45, 7) is 4.28. The highest BCUT2D eigenvalue weighted by atomic mass is 16.1. The summed E-state index contributed by atoms with van der Waals surface area (Å²) in [7, 11) is 0. The van der Waals surface area contributed by atoms with Crippen molar-refractivity contribution in [3.8, 4) is 0 Å². The summed E-state index contributed by atoms with van der Waals surface area (Å²) in [6.07, 6.45) is 7.35. The van der Waals surface area contributed by atoms with Gasteiger partial charge in [0.1, 0.15) is 0 Å². The highest BCUT2D eigenvalue weighted by Gasteiger charge is 2.56. The number of nitrogens with two attached hydrogens (primary N) is 2. The summed E-state index contributed by atoms with van der Waals surface area (Å²) in [5.41, 5.74) is 11.6. The lowest BCUT2D eigenvalue weighted by Gasteiger charge is -2.58. The van der Waals surface area contributed by atoms with Crippen LogP contribution >= 0.6 is 0 Å². The maximum atomic E-state index is 12.1. The van der Waals surface area contributed by atoms with Crippen LogP contribution in [0.2, 0.25) is 0 Å². The van der Waals surface area contributed by atoms with Crippen molar-refractivity contribution in [2.45, 2.75) is 57.9 Å². The van der Waals surface area contributed by atoms with Crippen molar-refractivity contribution in [1.82, 2.24) is 0 Å². The first-order valence-corrected chi connectivity index (χ1v) is 7.99. The van der Waals surface area contributed by atoms with Gasteiger partial charge < -0.3 is 11.5 Å². The van der Waals surface area contributed by atoms with Crippen molar-refractivity contribution in [3.05, 3.63) is 0 Å². The Morgan fingerprint density at radius 2 is 1.58 bits per heavy atom. The number of primary amides is 1. The Morgan fingerprint density at radius 3 is 1.95 bits per heavy atom. The van der Waals surface area contributed by atoms with Crippen molar-refractivity contribution < 1.29 is 4.79 Å². The molecule has 0 aromatic heterocycles. The third kappa shape index (κ3) is 2.10. The fourth-order valence-corrected chi connectivity index (χ4v) is 5.84. The average Bonchev–Trinajstić information content (AvgIpc) is 2.25. The van der Waals surface area contributed by atoms with Crippen LogP contribution in [-0.2, 0) is 4.79 Å². The average molecular weight is 264 g/mol. The molecular weight excluding hydrogens is 236 g/mol. The molecule has 0 aliphatic heterocycles. The molecular formula is C16H28N2O. The van der Waals surface area contributed by atoms with E-state index in [0.717, 1.165) is 18.3 Å². The maximum Gasteiger partial charge on any atom is 0.237 e. The number of hydrogen-bond acceptors (Lipinski definition) is 2. The fraction of sp³-hybridized carbons (Fsp3) is 0.938. The number of hydrogen-bond donors (Lipinski definition) is 2. The molecule has 1 atom stereocenters. The second-order valence-corrected chi connectivity index (χ2v) is 7.96. The molecule has 4 N–H and O–H groups in total. The van der Waals surface area contributed by atoms with Gasteiger partial charge in [0.15, 0.2) is 0 Å². The Morgan fingerprint density at radius 1 is 1.11 bits per heavy atom. The second kappa shape index (κ2) is 4.47. The Hall–Kier alpha value is -0.570. The van der Waals surface area contributed by atoms with E-state index >= 15 is 0 Å². The predicted octanol–water partition coefficient (Wildman–Crippen LogP) is 2.29. The maximum absolute atomic E-state index is 12.1. The molecule has 108 valence electrons. The largest absolute Gasteiger partial charge is 0.368 e. The van der Waals surface area contributed by atoms with E-state index in [1.807, 2.05) is 0 Å². The number of carbonyl (C=O) groups is 1. The first-order valence-electron chi connectivity index (χ1n) is 7.99. The van der Waals surface area contributed by atoms with Crippen LogP contribution in [0.4, 0.5) is 0 Å². The number of carbonyl (C=O) groups excluding carboxylic acids is 1. The second-order valence-electron chi connectivity index (χ2n) is 7.96. The van der Waals surface area contributed by atoms with E-state index in [4.69, 9.17) is 11.5 Å². The molecule has 0 aromatic carbocycles. The standard InChI is InChI=1S/C16H28N2O/c1-9(2)8-16(18,15(17)19)14-12-4-10-3-11(6-12)7-13(14)5-10/h9-14H,3-8,18H2,1-2H3,(H2,17,19). The highest BCUT2D eigenvalue weighted by Crippen LogP contribution is 2.59. The van der Waals surface area contributed by atoms with Crippen LogP contribution in [0.1, 0.15) is 52.4 Å². The van der Waals surface area contributed by atoms with Gasteiger partial charge in [-0.05, 0) is 74.0 Å². The van der Waals surface area contributed by atoms with Crippen molar-refractivity contribution in [2.24, 2.45) is 47.0 Å². The molecule has 0 heterocycles. The summed E-state index contributed by atoms with van der Waals surface area (Å²) >= 11 is 0. The zero-order valence-electron chi connectivity index (χ0n) is 12.3. The minimum absolute atomic E-state index is 0.265. The van der Waals surface area contributed by atoms with E-state index in [1.165, 1.54) is 32.1 Å². The van der Waals surface area contributed by atoms with Crippen LogP contribution in [0.25, 0.3) is 0 Å². The normalized spacial score (nSPS) is 43.5. The molecule has 4 rings (SSSR count). The predicted molar refractivity (Wildman–Crippen MR) is 76.1 cm³/mol. The molecule has 0 aromatic rings. The Labute approximate surface area is 116 Å². The van der Waals surface area contributed by atoms with Crippen LogP contribution in [0.15, 0.2) is 0 Å².